The molecular formula is C37H52N4O4. The molecule has 0 bridgehead atoms. The van der Waals surface area contributed by atoms with Gasteiger partial charge in [0.2, 0.25) is 0 Å². The van der Waals surface area contributed by atoms with E-state index in [0.717, 1.165) is 71.1 Å². The molecule has 45 heavy (non-hydrogen) atoms. The molecule has 1 N–H and O–H groups in total. The summed E-state index contributed by atoms with van der Waals surface area (Å²) in [7, 11) is 0. The third-order valence-electron chi connectivity index (χ3n) is 8.09. The molecule has 1 aliphatic heterocycles. The molecule has 1 atom stereocenters. The molecule has 8 nitrogen and oxygen atoms in total. The Morgan fingerprint density at radius 3 is 2.33 bits per heavy atom. The second-order valence-corrected chi connectivity index (χ2v) is 14.2. The number of anilines is 2. The maximum absolute atomic E-state index is 13.6. The van der Waals surface area contributed by atoms with E-state index >= 15 is 0 Å². The molecule has 3 aromatic rings. The van der Waals surface area contributed by atoms with E-state index in [9.17, 15) is 4.79 Å². The lowest BCUT2D eigenvalue weighted by atomic mass is 9.82. The van der Waals surface area contributed by atoms with Crippen LogP contribution in [0.25, 0.3) is 11.1 Å². The number of nitrogens with zero attached hydrogens (tertiary/aromatic N) is 3. The molecule has 0 saturated carbocycles. The normalized spacial score (nSPS) is 15.6. The predicted molar refractivity (Wildman–Crippen MR) is 182 cm³/mol. The fraction of sp³-hybridized carbons (Fsp3) is 0.541. The Morgan fingerprint density at radius 1 is 1.02 bits per heavy atom. The Hall–Kier alpha value is -3.65. The number of aryl methyl sites for hydroxylation is 3. The van der Waals surface area contributed by atoms with Gasteiger partial charge in [0, 0.05) is 47.9 Å². The zero-order valence-electron chi connectivity index (χ0n) is 28.9. The lowest BCUT2D eigenvalue weighted by Crippen LogP contribution is -2.39. The highest BCUT2D eigenvalue weighted by Gasteiger charge is 2.37. The van der Waals surface area contributed by atoms with Gasteiger partial charge in [0.05, 0.1) is 23.9 Å². The SMILES string of the molecule is Cc1ccc(OCCNc2ccc(-c3cnc(C)c([C@H](OC(C)(C)C)C(=O)OC(C)C)c3N3CCC(C)(C)CC3)cn2)c(C)c1. The van der Waals surface area contributed by atoms with E-state index in [1.165, 1.54) is 5.56 Å². The molecule has 0 aliphatic carbocycles. The maximum atomic E-state index is 13.6. The number of carbonyl (C=O) groups excluding carboxylic acids is 1. The topological polar surface area (TPSA) is 85.8 Å². The minimum Gasteiger partial charge on any atom is -0.491 e. The van der Waals surface area contributed by atoms with Crippen LogP contribution >= 0.6 is 0 Å². The van der Waals surface area contributed by atoms with Gasteiger partial charge in [0.15, 0.2) is 6.10 Å². The van der Waals surface area contributed by atoms with Crippen LogP contribution in [0.15, 0.2) is 42.7 Å². The Labute approximate surface area is 269 Å². The third-order valence-corrected chi connectivity index (χ3v) is 8.09. The van der Waals surface area contributed by atoms with Gasteiger partial charge in [-0.1, -0.05) is 31.5 Å². The van der Waals surface area contributed by atoms with Crippen LogP contribution in [0.4, 0.5) is 11.5 Å². The predicted octanol–water partition coefficient (Wildman–Crippen LogP) is 7.99. The summed E-state index contributed by atoms with van der Waals surface area (Å²) in [6.45, 7) is 23.2. The van der Waals surface area contributed by atoms with E-state index in [4.69, 9.17) is 24.2 Å². The summed E-state index contributed by atoms with van der Waals surface area (Å²) >= 11 is 0. The minimum absolute atomic E-state index is 0.257. The van der Waals surface area contributed by atoms with Crippen molar-refractivity contribution >= 4 is 17.5 Å². The molecule has 2 aromatic heterocycles. The van der Waals surface area contributed by atoms with Crippen LogP contribution in [0.3, 0.4) is 0 Å². The molecular weight excluding hydrogens is 564 g/mol. The zero-order valence-corrected chi connectivity index (χ0v) is 28.9. The van der Waals surface area contributed by atoms with Crippen molar-refractivity contribution in [2.45, 2.75) is 99.9 Å². The van der Waals surface area contributed by atoms with Crippen molar-refractivity contribution in [3.8, 4) is 16.9 Å². The molecule has 244 valence electrons. The van der Waals surface area contributed by atoms with Crippen LogP contribution in [0, 0.1) is 26.2 Å². The smallest absolute Gasteiger partial charge is 0.340 e. The number of aromatic nitrogens is 2. The number of hydrogen-bond acceptors (Lipinski definition) is 8. The van der Waals surface area contributed by atoms with Gasteiger partial charge < -0.3 is 24.4 Å². The minimum atomic E-state index is -0.921. The standard InChI is InChI=1S/C37H52N4O4/c1-24(2)44-35(42)34(45-36(6,7)8)32-27(5)39-23-29(33(32)41-18-15-37(9,10)16-19-41)28-12-14-31(40-22-28)38-17-20-43-30-13-11-25(3)21-26(30)4/h11-14,21-24,34H,15-20H2,1-10H3,(H,38,40)/t34-/m0/s1. The Kier molecular flexibility index (Phi) is 10.8. The second kappa shape index (κ2) is 14.2. The van der Waals surface area contributed by atoms with E-state index in [0.29, 0.717) is 13.2 Å². The fourth-order valence-electron chi connectivity index (χ4n) is 5.64. The summed E-state index contributed by atoms with van der Waals surface area (Å²) in [6, 6.07) is 10.2. The number of benzene rings is 1. The number of pyridine rings is 2. The second-order valence-electron chi connectivity index (χ2n) is 14.2. The highest BCUT2D eigenvalue weighted by atomic mass is 16.6. The summed E-state index contributed by atoms with van der Waals surface area (Å²) in [6.07, 6.45) is 4.66. The van der Waals surface area contributed by atoms with Gasteiger partial charge in [0.1, 0.15) is 18.2 Å². The molecule has 4 rings (SSSR count). The molecule has 0 amide bonds. The van der Waals surface area contributed by atoms with E-state index < -0.39 is 17.7 Å². The quantitative estimate of drug-likeness (QED) is 0.171. The first kappa shape index (κ1) is 34.2. The van der Waals surface area contributed by atoms with Crippen LogP contribution in [0.2, 0.25) is 0 Å². The van der Waals surface area contributed by atoms with Crippen LogP contribution in [-0.2, 0) is 14.3 Å². The number of carbonyl (C=O) groups is 1. The van der Waals surface area contributed by atoms with E-state index in [-0.39, 0.29) is 11.5 Å². The van der Waals surface area contributed by atoms with Crippen molar-refractivity contribution < 1.29 is 19.0 Å². The number of piperidine rings is 1. The third kappa shape index (κ3) is 9.19. The number of esters is 1. The van der Waals surface area contributed by atoms with Crippen molar-refractivity contribution in [3.05, 3.63) is 65.1 Å². The summed E-state index contributed by atoms with van der Waals surface area (Å²) in [5.74, 6) is 1.26. The Bertz CT molecular complexity index is 1450. The van der Waals surface area contributed by atoms with Gasteiger partial charge in [-0.2, -0.15) is 0 Å². The molecule has 1 saturated heterocycles. The molecule has 0 unspecified atom stereocenters. The lowest BCUT2D eigenvalue weighted by molar-refractivity contribution is -0.171. The highest BCUT2D eigenvalue weighted by molar-refractivity contribution is 5.87. The largest absolute Gasteiger partial charge is 0.491 e. The average molecular weight is 617 g/mol. The number of rotatable bonds is 11. The summed E-state index contributed by atoms with van der Waals surface area (Å²) in [5, 5.41) is 3.37. The summed E-state index contributed by atoms with van der Waals surface area (Å²) < 4.78 is 18.2. The molecule has 3 heterocycles. The van der Waals surface area contributed by atoms with Gasteiger partial charge in [-0.15, -0.1) is 0 Å². The maximum Gasteiger partial charge on any atom is 0.340 e. The van der Waals surface area contributed by atoms with E-state index in [1.54, 1.807) is 0 Å². The summed E-state index contributed by atoms with van der Waals surface area (Å²) in [4.78, 5) is 25.6. The van der Waals surface area contributed by atoms with Crippen molar-refractivity contribution in [2.24, 2.45) is 5.41 Å². The molecule has 0 radical (unpaired) electrons. The van der Waals surface area contributed by atoms with E-state index in [2.05, 4.69) is 56.1 Å². The van der Waals surface area contributed by atoms with Gasteiger partial charge in [-0.3, -0.25) is 4.98 Å². The highest BCUT2D eigenvalue weighted by Crippen LogP contribution is 2.43. The van der Waals surface area contributed by atoms with Gasteiger partial charge in [-0.25, -0.2) is 9.78 Å². The average Bonchev–Trinajstić information content (AvgIpc) is 2.95. The van der Waals surface area contributed by atoms with Crippen LogP contribution < -0.4 is 15.0 Å². The first-order chi connectivity index (χ1) is 21.1. The van der Waals surface area contributed by atoms with Gasteiger partial charge in [-0.05, 0) is 97.4 Å². The van der Waals surface area contributed by atoms with Crippen molar-refractivity contribution in [1.82, 2.24) is 9.97 Å². The van der Waals surface area contributed by atoms with Crippen LogP contribution in [-0.4, -0.2) is 53.9 Å². The van der Waals surface area contributed by atoms with Gasteiger partial charge in [0.25, 0.3) is 0 Å². The number of ether oxygens (including phenoxy) is 3. The Morgan fingerprint density at radius 2 is 1.73 bits per heavy atom. The fourth-order valence-corrected chi connectivity index (χ4v) is 5.64. The molecule has 0 spiro atoms. The van der Waals surface area contributed by atoms with Crippen molar-refractivity contribution in [1.29, 1.82) is 0 Å². The first-order valence-corrected chi connectivity index (χ1v) is 16.2. The molecule has 8 heteroatoms. The van der Waals surface area contributed by atoms with Gasteiger partial charge >= 0.3 is 5.97 Å². The molecule has 1 aromatic carbocycles. The van der Waals surface area contributed by atoms with E-state index in [1.807, 2.05) is 66.1 Å². The van der Waals surface area contributed by atoms with Crippen LogP contribution in [0.1, 0.15) is 89.8 Å². The molecule has 1 fully saturated rings. The number of hydrogen-bond donors (Lipinski definition) is 1. The summed E-state index contributed by atoms with van der Waals surface area (Å²) in [5.41, 5.74) is 6.36. The molecule has 1 aliphatic rings. The monoisotopic (exact) mass is 616 g/mol. The zero-order chi connectivity index (χ0) is 32.9. The first-order valence-electron chi connectivity index (χ1n) is 16.2. The van der Waals surface area contributed by atoms with Crippen LogP contribution in [0.5, 0.6) is 5.75 Å². The number of nitrogens with one attached hydrogen (secondary N) is 1. The lowest BCUT2D eigenvalue weighted by Gasteiger charge is -2.41. The van der Waals surface area contributed by atoms with Crippen molar-refractivity contribution in [3.63, 3.8) is 0 Å². The van der Waals surface area contributed by atoms with Crippen molar-refractivity contribution in [2.75, 3.05) is 36.5 Å². The Balaban J connectivity index is 1.65.